The third-order valence-electron chi connectivity index (χ3n) is 5.13. The molecule has 7 heteroatoms. The van der Waals surface area contributed by atoms with E-state index in [1.807, 2.05) is 66.4 Å². The number of sulfone groups is 1. The van der Waals surface area contributed by atoms with Crippen LogP contribution >= 0.6 is 11.8 Å². The zero-order valence-corrected chi connectivity index (χ0v) is 17.2. The van der Waals surface area contributed by atoms with E-state index in [0.29, 0.717) is 18.0 Å². The van der Waals surface area contributed by atoms with Gasteiger partial charge in [-0.2, -0.15) is 4.99 Å². The highest BCUT2D eigenvalue weighted by Gasteiger charge is 2.49. The summed E-state index contributed by atoms with van der Waals surface area (Å²) in [5.41, 5.74) is 3.07. The van der Waals surface area contributed by atoms with Crippen molar-refractivity contribution in [2.75, 3.05) is 16.4 Å². The maximum absolute atomic E-state index is 12.5. The number of para-hydroxylation sites is 1. The number of hydrogen-bond donors (Lipinski definition) is 0. The van der Waals surface area contributed by atoms with Crippen LogP contribution in [0.25, 0.3) is 0 Å². The Morgan fingerprint density at radius 3 is 2.57 bits per heavy atom. The Labute approximate surface area is 169 Å². The third kappa shape index (κ3) is 4.00. The first-order chi connectivity index (χ1) is 13.4. The average molecular weight is 415 g/mol. The van der Waals surface area contributed by atoms with Crippen LogP contribution in [0.4, 0.5) is 5.69 Å². The predicted octanol–water partition coefficient (Wildman–Crippen LogP) is 3.23. The van der Waals surface area contributed by atoms with Gasteiger partial charge in [-0.3, -0.25) is 4.79 Å². The zero-order chi connectivity index (χ0) is 19.7. The minimum Gasteiger partial charge on any atom is -0.315 e. The minimum atomic E-state index is -3.06. The van der Waals surface area contributed by atoms with E-state index in [-0.39, 0.29) is 28.7 Å². The Bertz CT molecular complexity index is 1020. The lowest BCUT2D eigenvalue weighted by molar-refractivity contribution is -0.117. The van der Waals surface area contributed by atoms with E-state index < -0.39 is 9.84 Å². The van der Waals surface area contributed by atoms with Crippen molar-refractivity contribution >= 4 is 38.4 Å². The predicted molar refractivity (Wildman–Crippen MR) is 115 cm³/mol. The van der Waals surface area contributed by atoms with E-state index in [1.165, 1.54) is 11.8 Å². The van der Waals surface area contributed by atoms with Gasteiger partial charge in [0.15, 0.2) is 15.0 Å². The fourth-order valence-electron chi connectivity index (χ4n) is 3.74. The van der Waals surface area contributed by atoms with E-state index in [9.17, 15) is 13.2 Å². The standard InChI is InChI=1S/C21H22N2O3S2/c1-15-7-5-6-10-17(15)23-18-13-28(25,26)14-19(18)27-21(23)22-20(24)12-11-16-8-3-2-4-9-16/h2-10,18-19H,11-14H2,1H3/t18-,19+/m0/s1. The molecule has 0 radical (unpaired) electrons. The van der Waals surface area contributed by atoms with Crippen molar-refractivity contribution in [1.29, 1.82) is 0 Å². The first-order valence-corrected chi connectivity index (χ1v) is 12.0. The molecule has 2 heterocycles. The molecule has 4 rings (SSSR count). The Morgan fingerprint density at radius 1 is 1.11 bits per heavy atom. The number of hydrogen-bond acceptors (Lipinski definition) is 4. The SMILES string of the molecule is Cc1ccccc1N1C(=NC(=O)CCc2ccccc2)S[C@@H]2CS(=O)(=O)C[C@@H]21. The van der Waals surface area contributed by atoms with Gasteiger partial charge in [0, 0.05) is 17.4 Å². The van der Waals surface area contributed by atoms with Gasteiger partial charge in [0.2, 0.25) is 5.91 Å². The summed E-state index contributed by atoms with van der Waals surface area (Å²) in [7, 11) is -3.06. The Kier molecular flexibility index (Phi) is 5.29. The molecule has 28 heavy (non-hydrogen) atoms. The number of anilines is 1. The Hall–Kier alpha value is -2.12. The molecule has 2 aliphatic rings. The molecule has 2 aromatic rings. The summed E-state index contributed by atoms with van der Waals surface area (Å²) in [6.45, 7) is 1.99. The number of carbonyl (C=O) groups is 1. The van der Waals surface area contributed by atoms with Crippen LogP contribution in [0.2, 0.25) is 0 Å². The lowest BCUT2D eigenvalue weighted by atomic mass is 10.1. The molecule has 2 aliphatic heterocycles. The molecule has 1 amide bonds. The maximum Gasteiger partial charge on any atom is 0.248 e. The number of thioether (sulfide) groups is 1. The van der Waals surface area contributed by atoms with Crippen LogP contribution in [-0.4, -0.2) is 42.3 Å². The Balaban J connectivity index is 1.59. The van der Waals surface area contributed by atoms with Gasteiger partial charge < -0.3 is 4.90 Å². The van der Waals surface area contributed by atoms with Crippen LogP contribution in [0, 0.1) is 6.92 Å². The van der Waals surface area contributed by atoms with E-state index in [4.69, 9.17) is 0 Å². The highest BCUT2D eigenvalue weighted by Crippen LogP contribution is 2.41. The highest BCUT2D eigenvalue weighted by atomic mass is 32.2. The molecule has 0 aromatic heterocycles. The molecular weight excluding hydrogens is 392 g/mol. The van der Waals surface area contributed by atoms with Crippen molar-refractivity contribution < 1.29 is 13.2 Å². The maximum atomic E-state index is 12.5. The number of aliphatic imine (C=N–C) groups is 1. The number of nitrogens with zero attached hydrogens (tertiary/aromatic N) is 2. The van der Waals surface area contributed by atoms with Crippen molar-refractivity contribution in [3.05, 3.63) is 65.7 Å². The second kappa shape index (κ2) is 7.72. The minimum absolute atomic E-state index is 0.0784. The van der Waals surface area contributed by atoms with Crippen LogP contribution in [0.5, 0.6) is 0 Å². The van der Waals surface area contributed by atoms with E-state index >= 15 is 0 Å². The topological polar surface area (TPSA) is 66.8 Å². The summed E-state index contributed by atoms with van der Waals surface area (Å²) in [6, 6.07) is 17.5. The number of amidine groups is 1. The van der Waals surface area contributed by atoms with Gasteiger partial charge in [-0.05, 0) is 30.5 Å². The van der Waals surface area contributed by atoms with Gasteiger partial charge in [-0.25, -0.2) is 8.42 Å². The molecule has 2 aromatic carbocycles. The van der Waals surface area contributed by atoms with Gasteiger partial charge >= 0.3 is 0 Å². The van der Waals surface area contributed by atoms with E-state index in [0.717, 1.165) is 16.8 Å². The quantitative estimate of drug-likeness (QED) is 0.768. The summed E-state index contributed by atoms with van der Waals surface area (Å²) in [5, 5.41) is 0.544. The molecule has 0 unspecified atom stereocenters. The number of fused-ring (bicyclic) bond motifs is 1. The number of aryl methyl sites for hydroxylation is 2. The molecule has 2 fully saturated rings. The molecule has 146 valence electrons. The van der Waals surface area contributed by atoms with Crippen molar-refractivity contribution in [2.24, 2.45) is 4.99 Å². The van der Waals surface area contributed by atoms with Gasteiger partial charge in [-0.1, -0.05) is 60.3 Å². The van der Waals surface area contributed by atoms with Crippen LogP contribution in [-0.2, 0) is 21.1 Å². The zero-order valence-electron chi connectivity index (χ0n) is 15.6. The summed E-state index contributed by atoms with van der Waals surface area (Å²) >= 11 is 1.42. The van der Waals surface area contributed by atoms with Crippen LogP contribution in [0.3, 0.4) is 0 Å². The molecule has 0 N–H and O–H groups in total. The number of benzene rings is 2. The van der Waals surface area contributed by atoms with Crippen LogP contribution < -0.4 is 4.90 Å². The van der Waals surface area contributed by atoms with Crippen LogP contribution in [0.15, 0.2) is 59.6 Å². The molecular formula is C21H22N2O3S2. The number of amides is 1. The van der Waals surface area contributed by atoms with E-state index in [2.05, 4.69) is 4.99 Å². The van der Waals surface area contributed by atoms with Gasteiger partial charge in [-0.15, -0.1) is 0 Å². The van der Waals surface area contributed by atoms with Gasteiger partial charge in [0.25, 0.3) is 0 Å². The summed E-state index contributed by atoms with van der Waals surface area (Å²) in [5.74, 6) is 0.0748. The lowest BCUT2D eigenvalue weighted by Crippen LogP contribution is -2.38. The molecule has 5 nitrogen and oxygen atoms in total. The molecule has 2 saturated heterocycles. The van der Waals surface area contributed by atoms with Gasteiger partial charge in [0.05, 0.1) is 17.5 Å². The lowest BCUT2D eigenvalue weighted by Gasteiger charge is -2.26. The highest BCUT2D eigenvalue weighted by molar-refractivity contribution is 8.16. The van der Waals surface area contributed by atoms with Crippen molar-refractivity contribution in [2.45, 2.75) is 31.1 Å². The molecule has 0 saturated carbocycles. The normalized spacial score (nSPS) is 24.5. The molecule has 2 atom stereocenters. The van der Waals surface area contributed by atoms with E-state index in [1.54, 1.807) is 0 Å². The number of carbonyl (C=O) groups excluding carboxylic acids is 1. The average Bonchev–Trinajstić information content (AvgIpc) is 3.12. The summed E-state index contributed by atoms with van der Waals surface area (Å²) in [6.07, 6.45) is 0.982. The largest absolute Gasteiger partial charge is 0.315 e. The monoisotopic (exact) mass is 414 g/mol. The van der Waals surface area contributed by atoms with Crippen molar-refractivity contribution in [3.63, 3.8) is 0 Å². The fraction of sp³-hybridized carbons (Fsp3) is 0.333. The second-order valence-corrected chi connectivity index (χ2v) is 10.6. The van der Waals surface area contributed by atoms with Crippen molar-refractivity contribution in [1.82, 2.24) is 0 Å². The molecule has 0 spiro atoms. The first-order valence-electron chi connectivity index (χ1n) is 9.30. The molecule has 0 aliphatic carbocycles. The Morgan fingerprint density at radius 2 is 1.82 bits per heavy atom. The smallest absolute Gasteiger partial charge is 0.248 e. The summed E-state index contributed by atoms with van der Waals surface area (Å²) < 4.78 is 24.3. The first kappa shape index (κ1) is 19.2. The van der Waals surface area contributed by atoms with Crippen LogP contribution in [0.1, 0.15) is 17.5 Å². The number of rotatable bonds is 4. The third-order valence-corrected chi connectivity index (χ3v) is 8.34. The fourth-order valence-corrected chi connectivity index (χ4v) is 7.66. The van der Waals surface area contributed by atoms with Gasteiger partial charge in [0.1, 0.15) is 0 Å². The summed E-state index contributed by atoms with van der Waals surface area (Å²) in [4.78, 5) is 18.9. The molecule has 0 bridgehead atoms. The van der Waals surface area contributed by atoms with Crippen molar-refractivity contribution in [3.8, 4) is 0 Å². The second-order valence-electron chi connectivity index (χ2n) is 7.23.